The van der Waals surface area contributed by atoms with E-state index >= 15 is 0 Å². The van der Waals surface area contributed by atoms with Crippen LogP contribution < -0.4 is 10.3 Å². The molecule has 1 fully saturated rings. The number of carbonyl (C=O) groups excluding carboxylic acids is 1. The first-order valence-electron chi connectivity index (χ1n) is 8.20. The molecular weight excluding hydrogens is 318 g/mol. The molecule has 0 aliphatic carbocycles. The van der Waals surface area contributed by atoms with Crippen molar-refractivity contribution in [2.75, 3.05) is 31.2 Å². The minimum Gasteiger partial charge on any atom is -0.507 e. The van der Waals surface area contributed by atoms with Crippen LogP contribution in [0, 0.1) is 6.92 Å². The Morgan fingerprint density at radius 2 is 2.00 bits per heavy atom. The maximum Gasteiger partial charge on any atom is 0.275 e. The fourth-order valence-electron chi connectivity index (χ4n) is 2.71. The molecule has 6 heteroatoms. The molecule has 0 radical (unpaired) electrons. The van der Waals surface area contributed by atoms with Gasteiger partial charge in [0.25, 0.3) is 5.91 Å². The molecule has 0 atom stereocenters. The van der Waals surface area contributed by atoms with Gasteiger partial charge < -0.3 is 14.7 Å². The summed E-state index contributed by atoms with van der Waals surface area (Å²) >= 11 is 0. The lowest BCUT2D eigenvalue weighted by Gasteiger charge is -2.29. The number of phenols is 1. The molecule has 1 saturated heterocycles. The fraction of sp³-hybridized carbons (Fsp3) is 0.263. The Hall–Kier alpha value is -2.86. The first kappa shape index (κ1) is 17.0. The van der Waals surface area contributed by atoms with Gasteiger partial charge in [-0.2, -0.15) is 5.10 Å². The van der Waals surface area contributed by atoms with Gasteiger partial charge in [0.1, 0.15) is 5.75 Å². The third-order valence-corrected chi connectivity index (χ3v) is 4.15. The van der Waals surface area contributed by atoms with Crippen molar-refractivity contribution in [3.05, 3.63) is 59.2 Å². The number of phenolic OH excluding ortho intramolecular Hbond substituents is 1. The molecule has 130 valence electrons. The molecule has 0 unspecified atom stereocenters. The molecule has 0 aromatic heterocycles. The normalized spacial score (nSPS) is 14.7. The SMILES string of the molecule is Cc1cc(N2CCOCC2)ccc1/C=N/NC(=O)c1ccccc1O. The molecule has 1 aliphatic rings. The highest BCUT2D eigenvalue weighted by Gasteiger charge is 2.12. The van der Waals surface area contributed by atoms with E-state index in [1.807, 2.05) is 19.1 Å². The van der Waals surface area contributed by atoms with Gasteiger partial charge in [-0.25, -0.2) is 5.43 Å². The number of amides is 1. The molecule has 0 saturated carbocycles. The second-order valence-corrected chi connectivity index (χ2v) is 5.86. The topological polar surface area (TPSA) is 74.2 Å². The lowest BCUT2D eigenvalue weighted by Crippen LogP contribution is -2.36. The summed E-state index contributed by atoms with van der Waals surface area (Å²) in [6, 6.07) is 12.5. The average molecular weight is 339 g/mol. The lowest BCUT2D eigenvalue weighted by molar-refractivity contribution is 0.0952. The van der Waals surface area contributed by atoms with Crippen molar-refractivity contribution in [1.29, 1.82) is 0 Å². The van der Waals surface area contributed by atoms with E-state index in [0.29, 0.717) is 0 Å². The van der Waals surface area contributed by atoms with Crippen LogP contribution in [0.5, 0.6) is 5.75 Å². The highest BCUT2D eigenvalue weighted by molar-refractivity contribution is 5.97. The van der Waals surface area contributed by atoms with Crippen molar-refractivity contribution >= 4 is 17.8 Å². The average Bonchev–Trinajstić information content (AvgIpc) is 2.64. The van der Waals surface area contributed by atoms with Crippen molar-refractivity contribution in [3.63, 3.8) is 0 Å². The number of carbonyl (C=O) groups is 1. The molecular formula is C19H21N3O3. The third kappa shape index (κ3) is 4.16. The van der Waals surface area contributed by atoms with Crippen molar-refractivity contribution in [1.82, 2.24) is 5.43 Å². The Morgan fingerprint density at radius 3 is 2.72 bits per heavy atom. The summed E-state index contributed by atoms with van der Waals surface area (Å²) in [5.41, 5.74) is 5.79. The summed E-state index contributed by atoms with van der Waals surface area (Å²) in [7, 11) is 0. The minimum atomic E-state index is -0.447. The van der Waals surface area contributed by atoms with Crippen LogP contribution in [0.2, 0.25) is 0 Å². The standard InChI is InChI=1S/C19H21N3O3/c1-14-12-16(22-8-10-25-11-9-22)7-6-15(14)13-20-21-19(24)17-4-2-3-5-18(17)23/h2-7,12-13,23H,8-11H2,1H3,(H,21,24)/b20-13+. The van der Waals surface area contributed by atoms with Gasteiger partial charge in [0.05, 0.1) is 25.0 Å². The number of para-hydroxylation sites is 1. The lowest BCUT2D eigenvalue weighted by atomic mass is 10.1. The fourth-order valence-corrected chi connectivity index (χ4v) is 2.71. The zero-order chi connectivity index (χ0) is 17.6. The van der Waals surface area contributed by atoms with Crippen molar-refractivity contribution in [3.8, 4) is 5.75 Å². The molecule has 2 aromatic carbocycles. The van der Waals surface area contributed by atoms with E-state index in [0.717, 1.165) is 43.1 Å². The Kier molecular flexibility index (Phi) is 5.30. The van der Waals surface area contributed by atoms with Crippen LogP contribution in [0.3, 0.4) is 0 Å². The number of aromatic hydroxyl groups is 1. The number of nitrogens with zero attached hydrogens (tertiary/aromatic N) is 2. The van der Waals surface area contributed by atoms with E-state index in [2.05, 4.69) is 21.5 Å². The number of ether oxygens (including phenoxy) is 1. The maximum absolute atomic E-state index is 12.0. The first-order chi connectivity index (χ1) is 12.1. The quantitative estimate of drug-likeness (QED) is 0.662. The van der Waals surface area contributed by atoms with Gasteiger partial charge in [-0.05, 0) is 42.3 Å². The molecule has 6 nitrogen and oxygen atoms in total. The van der Waals surface area contributed by atoms with Crippen LogP contribution in [-0.4, -0.2) is 43.5 Å². The zero-order valence-electron chi connectivity index (χ0n) is 14.1. The minimum absolute atomic E-state index is 0.0683. The largest absolute Gasteiger partial charge is 0.507 e. The van der Waals surface area contributed by atoms with Crippen LogP contribution in [-0.2, 0) is 4.74 Å². The molecule has 2 N–H and O–H groups in total. The number of nitrogens with one attached hydrogen (secondary N) is 1. The molecule has 0 spiro atoms. The molecule has 3 rings (SSSR count). The van der Waals surface area contributed by atoms with Gasteiger partial charge >= 0.3 is 0 Å². The predicted octanol–water partition coefficient (Wildman–Crippen LogP) is 2.30. The summed E-state index contributed by atoms with van der Waals surface area (Å²) in [4.78, 5) is 14.3. The number of anilines is 1. The molecule has 1 amide bonds. The highest BCUT2D eigenvalue weighted by atomic mass is 16.5. The van der Waals surface area contributed by atoms with Gasteiger partial charge in [-0.1, -0.05) is 18.2 Å². The molecule has 1 aliphatic heterocycles. The van der Waals surface area contributed by atoms with Gasteiger partial charge in [0, 0.05) is 18.8 Å². The van der Waals surface area contributed by atoms with Crippen molar-refractivity contribution in [2.45, 2.75) is 6.92 Å². The summed E-state index contributed by atoms with van der Waals surface area (Å²) in [5.74, 6) is -0.516. The van der Waals surface area contributed by atoms with Crippen molar-refractivity contribution < 1.29 is 14.6 Å². The Balaban J connectivity index is 1.65. The van der Waals surface area contributed by atoms with E-state index in [1.165, 1.54) is 6.07 Å². The van der Waals surface area contributed by atoms with Crippen molar-refractivity contribution in [2.24, 2.45) is 5.10 Å². The van der Waals surface area contributed by atoms with Crippen LogP contribution in [0.25, 0.3) is 0 Å². The monoisotopic (exact) mass is 339 g/mol. The molecule has 1 heterocycles. The maximum atomic E-state index is 12.0. The predicted molar refractivity (Wildman–Crippen MR) is 97.4 cm³/mol. The second kappa shape index (κ2) is 7.81. The first-order valence-corrected chi connectivity index (χ1v) is 8.20. The summed E-state index contributed by atoms with van der Waals surface area (Å²) in [5, 5.41) is 13.7. The van der Waals surface area contributed by atoms with E-state index in [4.69, 9.17) is 4.74 Å². The Bertz CT molecular complexity index is 783. The van der Waals surface area contributed by atoms with Gasteiger partial charge in [-0.3, -0.25) is 4.79 Å². The van der Waals surface area contributed by atoms with E-state index < -0.39 is 5.91 Å². The number of benzene rings is 2. The van der Waals surface area contributed by atoms with Crippen LogP contribution in [0.1, 0.15) is 21.5 Å². The van der Waals surface area contributed by atoms with Gasteiger partial charge in [0.2, 0.25) is 0 Å². The van der Waals surface area contributed by atoms with Gasteiger partial charge in [0.15, 0.2) is 0 Å². The number of rotatable bonds is 4. The van der Waals surface area contributed by atoms with E-state index in [1.54, 1.807) is 24.4 Å². The number of hydrazone groups is 1. The molecule has 0 bridgehead atoms. The smallest absolute Gasteiger partial charge is 0.275 e. The Labute approximate surface area is 146 Å². The number of morpholine rings is 1. The van der Waals surface area contributed by atoms with Crippen LogP contribution >= 0.6 is 0 Å². The van der Waals surface area contributed by atoms with Crippen LogP contribution in [0.15, 0.2) is 47.6 Å². The second-order valence-electron chi connectivity index (χ2n) is 5.86. The van der Waals surface area contributed by atoms with Gasteiger partial charge in [-0.15, -0.1) is 0 Å². The molecule has 25 heavy (non-hydrogen) atoms. The third-order valence-electron chi connectivity index (χ3n) is 4.15. The zero-order valence-corrected chi connectivity index (χ0v) is 14.1. The van der Waals surface area contributed by atoms with E-state index in [-0.39, 0.29) is 11.3 Å². The number of aryl methyl sites for hydroxylation is 1. The summed E-state index contributed by atoms with van der Waals surface area (Å²) in [6.45, 7) is 5.30. The number of hydrogen-bond donors (Lipinski definition) is 2. The number of hydrogen-bond acceptors (Lipinski definition) is 5. The summed E-state index contributed by atoms with van der Waals surface area (Å²) in [6.07, 6.45) is 1.61. The highest BCUT2D eigenvalue weighted by Crippen LogP contribution is 2.19. The Morgan fingerprint density at radius 1 is 1.24 bits per heavy atom. The van der Waals surface area contributed by atoms with Crippen LogP contribution in [0.4, 0.5) is 5.69 Å². The molecule has 2 aromatic rings. The van der Waals surface area contributed by atoms with E-state index in [9.17, 15) is 9.90 Å². The summed E-state index contributed by atoms with van der Waals surface area (Å²) < 4.78 is 5.37.